The van der Waals surface area contributed by atoms with Crippen LogP contribution in [-0.4, -0.2) is 21.8 Å². The standard InChI is InChI=1S/C26H21N7O2S/c1-14-7-8-17(32-23(34)15-5-4-6-16(9-15)26(2,3)13-28)10-19(14)33-24(35)22-20(29)21-25(36-22)30-12-18(11-27)31-21/h4-10,12H,29H2,1-3H3,(H,32,34)(H,33,35). The number of nitrogens with two attached hydrogens (primary N) is 1. The molecule has 0 atom stereocenters. The van der Waals surface area contributed by atoms with E-state index in [2.05, 4.69) is 26.7 Å². The second kappa shape index (κ2) is 9.45. The molecule has 0 spiro atoms. The fourth-order valence-electron chi connectivity index (χ4n) is 3.44. The van der Waals surface area contributed by atoms with Crippen LogP contribution in [0.5, 0.6) is 0 Å². The Hall–Kier alpha value is -4.80. The number of nitriles is 2. The van der Waals surface area contributed by atoms with Gasteiger partial charge in [0.25, 0.3) is 11.8 Å². The van der Waals surface area contributed by atoms with Crippen LogP contribution in [0, 0.1) is 29.6 Å². The maximum Gasteiger partial charge on any atom is 0.268 e. The predicted octanol–water partition coefficient (Wildman–Crippen LogP) is 4.76. The largest absolute Gasteiger partial charge is 0.396 e. The van der Waals surface area contributed by atoms with Crippen molar-refractivity contribution < 1.29 is 9.59 Å². The zero-order valence-corrected chi connectivity index (χ0v) is 20.5. The first kappa shape index (κ1) is 24.3. The summed E-state index contributed by atoms with van der Waals surface area (Å²) in [6, 6.07) is 16.2. The summed E-state index contributed by atoms with van der Waals surface area (Å²) in [5.41, 5.74) is 8.88. The van der Waals surface area contributed by atoms with Crippen LogP contribution in [0.2, 0.25) is 0 Å². The highest BCUT2D eigenvalue weighted by molar-refractivity contribution is 7.21. The third-order valence-electron chi connectivity index (χ3n) is 5.63. The van der Waals surface area contributed by atoms with Gasteiger partial charge in [-0.25, -0.2) is 9.97 Å². The minimum Gasteiger partial charge on any atom is -0.396 e. The molecule has 9 nitrogen and oxygen atoms in total. The van der Waals surface area contributed by atoms with E-state index in [-0.39, 0.29) is 22.2 Å². The molecular weight excluding hydrogens is 474 g/mol. The Balaban J connectivity index is 1.56. The van der Waals surface area contributed by atoms with Crippen molar-refractivity contribution in [1.82, 2.24) is 9.97 Å². The summed E-state index contributed by atoms with van der Waals surface area (Å²) in [4.78, 5) is 34.9. The fraction of sp³-hybridized carbons (Fsp3) is 0.154. The molecule has 0 aliphatic rings. The van der Waals surface area contributed by atoms with Crippen molar-refractivity contribution in [1.29, 1.82) is 10.5 Å². The first-order valence-corrected chi connectivity index (χ1v) is 11.6. The molecule has 178 valence electrons. The Morgan fingerprint density at radius 3 is 2.58 bits per heavy atom. The topological polar surface area (TPSA) is 158 Å². The molecule has 4 N–H and O–H groups in total. The van der Waals surface area contributed by atoms with Gasteiger partial charge < -0.3 is 16.4 Å². The van der Waals surface area contributed by atoms with Crippen LogP contribution in [0.3, 0.4) is 0 Å². The van der Waals surface area contributed by atoms with Gasteiger partial charge in [-0.1, -0.05) is 18.2 Å². The molecule has 0 aliphatic carbocycles. The molecule has 0 radical (unpaired) electrons. The molecule has 0 bridgehead atoms. The third-order valence-corrected chi connectivity index (χ3v) is 6.73. The number of carbonyl (C=O) groups is 2. The number of rotatable bonds is 5. The number of nitrogen functional groups attached to an aromatic ring is 1. The minimum atomic E-state index is -0.729. The number of thiophene rings is 1. The zero-order valence-electron chi connectivity index (χ0n) is 19.7. The lowest BCUT2D eigenvalue weighted by Gasteiger charge is -2.17. The monoisotopic (exact) mass is 495 g/mol. The number of fused-ring (bicyclic) bond motifs is 1. The molecule has 2 amide bonds. The van der Waals surface area contributed by atoms with Gasteiger partial charge in [-0.2, -0.15) is 10.5 Å². The number of nitrogens with one attached hydrogen (secondary N) is 2. The molecule has 0 saturated carbocycles. The maximum absolute atomic E-state index is 13.0. The zero-order chi connectivity index (χ0) is 26.0. The molecule has 0 saturated heterocycles. The average molecular weight is 496 g/mol. The lowest BCUT2D eigenvalue weighted by atomic mass is 9.85. The summed E-state index contributed by atoms with van der Waals surface area (Å²) in [6.07, 6.45) is 1.33. The molecule has 4 aromatic rings. The molecular formula is C26H21N7O2S. The summed E-state index contributed by atoms with van der Waals surface area (Å²) in [5, 5.41) is 24.1. The Bertz CT molecular complexity index is 1610. The van der Waals surface area contributed by atoms with Gasteiger partial charge in [0, 0.05) is 16.9 Å². The van der Waals surface area contributed by atoms with Crippen LogP contribution < -0.4 is 16.4 Å². The highest BCUT2D eigenvalue weighted by Gasteiger charge is 2.22. The number of benzene rings is 2. The summed E-state index contributed by atoms with van der Waals surface area (Å²) < 4.78 is 0. The molecule has 2 aromatic heterocycles. The van der Waals surface area contributed by atoms with E-state index in [0.717, 1.165) is 22.5 Å². The SMILES string of the molecule is Cc1ccc(NC(=O)c2cccc(C(C)(C)C#N)c2)cc1NC(=O)c1sc2ncc(C#N)nc2c1N. The van der Waals surface area contributed by atoms with E-state index < -0.39 is 11.3 Å². The quantitative estimate of drug-likeness (QED) is 0.360. The summed E-state index contributed by atoms with van der Waals surface area (Å²) in [5.74, 6) is -0.792. The lowest BCUT2D eigenvalue weighted by molar-refractivity contribution is 0.102. The summed E-state index contributed by atoms with van der Waals surface area (Å²) >= 11 is 1.08. The highest BCUT2D eigenvalue weighted by atomic mass is 32.1. The van der Waals surface area contributed by atoms with Gasteiger partial charge in [0.05, 0.1) is 23.4 Å². The van der Waals surface area contributed by atoms with E-state index in [4.69, 9.17) is 11.0 Å². The number of aryl methyl sites for hydroxylation is 1. The third kappa shape index (κ3) is 4.71. The van der Waals surface area contributed by atoms with Gasteiger partial charge in [-0.3, -0.25) is 9.59 Å². The number of nitrogens with zero attached hydrogens (tertiary/aromatic N) is 4. The molecule has 0 fully saturated rings. The van der Waals surface area contributed by atoms with Gasteiger partial charge in [0.15, 0.2) is 5.69 Å². The van der Waals surface area contributed by atoms with Gasteiger partial charge >= 0.3 is 0 Å². The van der Waals surface area contributed by atoms with Gasteiger partial charge in [-0.15, -0.1) is 11.3 Å². The summed E-state index contributed by atoms with van der Waals surface area (Å²) in [7, 11) is 0. The van der Waals surface area contributed by atoms with Crippen molar-refractivity contribution in [3.63, 3.8) is 0 Å². The molecule has 4 rings (SSSR count). The van der Waals surface area contributed by atoms with Crippen LogP contribution in [0.1, 0.15) is 50.7 Å². The number of amides is 2. The van der Waals surface area contributed by atoms with Crippen LogP contribution >= 0.6 is 11.3 Å². The van der Waals surface area contributed by atoms with E-state index in [1.54, 1.807) is 50.2 Å². The molecule has 0 unspecified atom stereocenters. The molecule has 0 aliphatic heterocycles. The first-order chi connectivity index (χ1) is 17.1. The van der Waals surface area contributed by atoms with E-state index in [1.807, 2.05) is 19.1 Å². The van der Waals surface area contributed by atoms with Crippen molar-refractivity contribution in [2.24, 2.45) is 0 Å². The van der Waals surface area contributed by atoms with Crippen LogP contribution in [0.25, 0.3) is 10.3 Å². The lowest BCUT2D eigenvalue weighted by Crippen LogP contribution is -2.17. The number of carbonyl (C=O) groups excluding carboxylic acids is 2. The van der Waals surface area contributed by atoms with E-state index in [9.17, 15) is 14.9 Å². The van der Waals surface area contributed by atoms with Gasteiger partial charge in [-0.05, 0) is 56.2 Å². The van der Waals surface area contributed by atoms with Crippen molar-refractivity contribution in [3.05, 3.63) is 75.9 Å². The van der Waals surface area contributed by atoms with E-state index >= 15 is 0 Å². The van der Waals surface area contributed by atoms with Crippen molar-refractivity contribution in [2.75, 3.05) is 16.4 Å². The Kier molecular flexibility index (Phi) is 6.39. The number of anilines is 3. The minimum absolute atomic E-state index is 0.111. The number of hydrogen-bond acceptors (Lipinski definition) is 8. The normalized spacial score (nSPS) is 10.9. The van der Waals surface area contributed by atoms with Crippen molar-refractivity contribution in [2.45, 2.75) is 26.2 Å². The van der Waals surface area contributed by atoms with E-state index in [1.165, 1.54) is 6.20 Å². The van der Waals surface area contributed by atoms with Crippen LogP contribution in [0.4, 0.5) is 17.1 Å². The Labute approximate surface area is 211 Å². The van der Waals surface area contributed by atoms with Crippen LogP contribution in [-0.2, 0) is 5.41 Å². The van der Waals surface area contributed by atoms with E-state index in [0.29, 0.717) is 27.3 Å². The van der Waals surface area contributed by atoms with Crippen molar-refractivity contribution >= 4 is 50.6 Å². The summed E-state index contributed by atoms with van der Waals surface area (Å²) in [6.45, 7) is 5.40. The second-order valence-corrected chi connectivity index (χ2v) is 9.62. The van der Waals surface area contributed by atoms with Gasteiger partial charge in [0.1, 0.15) is 21.3 Å². The Morgan fingerprint density at radius 1 is 1.08 bits per heavy atom. The Morgan fingerprint density at radius 2 is 1.86 bits per heavy atom. The van der Waals surface area contributed by atoms with Crippen molar-refractivity contribution in [3.8, 4) is 12.1 Å². The number of hydrogen-bond donors (Lipinski definition) is 3. The molecule has 2 aromatic carbocycles. The predicted molar refractivity (Wildman–Crippen MR) is 139 cm³/mol. The average Bonchev–Trinajstić information content (AvgIpc) is 3.21. The molecule has 10 heteroatoms. The first-order valence-electron chi connectivity index (χ1n) is 10.8. The van der Waals surface area contributed by atoms with Gasteiger partial charge in [0.2, 0.25) is 0 Å². The maximum atomic E-state index is 13.0. The number of aromatic nitrogens is 2. The highest BCUT2D eigenvalue weighted by Crippen LogP contribution is 2.32. The smallest absolute Gasteiger partial charge is 0.268 e. The molecule has 2 heterocycles. The fourth-order valence-corrected chi connectivity index (χ4v) is 4.34. The van der Waals surface area contributed by atoms with Crippen LogP contribution in [0.15, 0.2) is 48.7 Å². The second-order valence-electron chi connectivity index (χ2n) is 8.62. The molecule has 36 heavy (non-hydrogen) atoms.